The molecule has 1 aromatic rings. The summed E-state index contributed by atoms with van der Waals surface area (Å²) < 4.78 is 5.35. The second-order valence-electron chi connectivity index (χ2n) is 6.68. The van der Waals surface area contributed by atoms with Gasteiger partial charge in [0.05, 0.1) is 13.1 Å². The van der Waals surface area contributed by atoms with Gasteiger partial charge in [-0.25, -0.2) is 4.79 Å². The maximum atomic E-state index is 12.1. The molecule has 0 bridgehead atoms. The lowest BCUT2D eigenvalue weighted by molar-refractivity contribution is 0.194. The minimum Gasteiger partial charge on any atom is -0.410 e. The normalized spacial score (nSPS) is 20.9. The lowest BCUT2D eigenvalue weighted by Crippen LogP contribution is -2.37. The summed E-state index contributed by atoms with van der Waals surface area (Å²) >= 11 is 0. The third-order valence-corrected chi connectivity index (χ3v) is 4.50. The van der Waals surface area contributed by atoms with Crippen molar-refractivity contribution < 1.29 is 9.53 Å². The Kier molecular flexibility index (Phi) is 9.67. The molecule has 25 heavy (non-hydrogen) atoms. The molecule has 0 fully saturated rings. The number of ether oxygens (including phenoxy) is 1. The van der Waals surface area contributed by atoms with Gasteiger partial charge in [0.2, 0.25) is 0 Å². The zero-order valence-electron chi connectivity index (χ0n) is 15.2. The monoisotopic (exact) mass is 345 g/mol. The fourth-order valence-electron chi connectivity index (χ4n) is 3.09. The highest BCUT2D eigenvalue weighted by molar-refractivity contribution is 5.70. The Labute approximate surface area is 151 Å². The van der Waals surface area contributed by atoms with Crippen LogP contribution < -0.4 is 10.1 Å². The number of carbonyl (C=O) groups excluding carboxylic acids is 1. The van der Waals surface area contributed by atoms with Crippen LogP contribution in [-0.4, -0.2) is 25.2 Å². The summed E-state index contributed by atoms with van der Waals surface area (Å²) in [6.07, 6.45) is 11.2. The summed E-state index contributed by atoms with van der Waals surface area (Å²) in [6.45, 7) is 1.59. The van der Waals surface area contributed by atoms with E-state index in [1.165, 1.54) is 32.1 Å². The summed E-state index contributed by atoms with van der Waals surface area (Å²) in [5, 5.41) is 11.5. The van der Waals surface area contributed by atoms with Crippen molar-refractivity contribution in [3.05, 3.63) is 30.3 Å². The smallest absolute Gasteiger partial charge is 0.410 e. The van der Waals surface area contributed by atoms with Crippen molar-refractivity contribution in [3.63, 3.8) is 0 Å². The average molecular weight is 345 g/mol. The number of carbonyl (C=O) groups is 1. The molecule has 1 unspecified atom stereocenters. The van der Waals surface area contributed by atoms with Crippen LogP contribution >= 0.6 is 0 Å². The predicted molar refractivity (Wildman–Crippen MR) is 100 cm³/mol. The van der Waals surface area contributed by atoms with E-state index < -0.39 is 0 Å². The van der Waals surface area contributed by atoms with Gasteiger partial charge >= 0.3 is 6.09 Å². The van der Waals surface area contributed by atoms with Gasteiger partial charge in [-0.1, -0.05) is 56.7 Å². The molecule has 0 aromatic heterocycles. The summed E-state index contributed by atoms with van der Waals surface area (Å²) in [7, 11) is 0. The van der Waals surface area contributed by atoms with Crippen molar-refractivity contribution in [3.8, 4) is 5.75 Å². The minimum atomic E-state index is -0.365. The fourth-order valence-corrected chi connectivity index (χ4v) is 3.09. The van der Waals surface area contributed by atoms with Crippen LogP contribution in [0.15, 0.2) is 40.6 Å². The molecule has 1 atom stereocenters. The zero-order valence-corrected chi connectivity index (χ0v) is 15.2. The molecule has 1 N–H and O–H groups in total. The van der Waals surface area contributed by atoms with Crippen molar-refractivity contribution in [2.45, 2.75) is 70.3 Å². The molecule has 2 rings (SSSR count). The van der Waals surface area contributed by atoms with E-state index in [1.54, 1.807) is 12.1 Å². The first kappa shape index (κ1) is 19.4. The van der Waals surface area contributed by atoms with Gasteiger partial charge in [0, 0.05) is 6.04 Å². The maximum Gasteiger partial charge on any atom is 0.412 e. The predicted octanol–water partition coefficient (Wildman–Crippen LogP) is 5.51. The molecule has 138 valence electrons. The van der Waals surface area contributed by atoms with Crippen molar-refractivity contribution in [2.24, 2.45) is 10.2 Å². The number of rotatable bonds is 2. The number of hydrogen-bond donors (Lipinski definition) is 1. The number of nitrogens with zero attached hydrogens (tertiary/aromatic N) is 2. The van der Waals surface area contributed by atoms with Crippen LogP contribution in [0.5, 0.6) is 5.75 Å². The van der Waals surface area contributed by atoms with E-state index in [0.717, 1.165) is 45.2 Å². The number of nitrogens with one attached hydrogen (secondary N) is 1. The van der Waals surface area contributed by atoms with E-state index >= 15 is 0 Å². The van der Waals surface area contributed by atoms with E-state index in [2.05, 4.69) is 15.5 Å². The SMILES string of the molecule is O=C(NC1CCCCCCCCCN=NCCC1)Oc1ccccc1. The summed E-state index contributed by atoms with van der Waals surface area (Å²) in [4.78, 5) is 12.1. The molecule has 1 aromatic carbocycles. The van der Waals surface area contributed by atoms with Crippen molar-refractivity contribution in [1.29, 1.82) is 0 Å². The molecular formula is C20H31N3O2. The number of azo groups is 1. The van der Waals surface area contributed by atoms with Gasteiger partial charge in [-0.2, -0.15) is 10.2 Å². The molecule has 0 saturated heterocycles. The molecule has 5 nitrogen and oxygen atoms in total. The Morgan fingerprint density at radius 2 is 1.44 bits per heavy atom. The van der Waals surface area contributed by atoms with Crippen LogP contribution in [0.25, 0.3) is 0 Å². The van der Waals surface area contributed by atoms with E-state index in [0.29, 0.717) is 5.75 Å². The van der Waals surface area contributed by atoms with Gasteiger partial charge in [-0.3, -0.25) is 0 Å². The van der Waals surface area contributed by atoms with E-state index in [1.807, 2.05) is 18.2 Å². The molecule has 1 aliphatic heterocycles. The second-order valence-corrected chi connectivity index (χ2v) is 6.68. The Morgan fingerprint density at radius 3 is 2.20 bits per heavy atom. The minimum absolute atomic E-state index is 0.150. The second kappa shape index (κ2) is 12.5. The number of para-hydroxylation sites is 1. The lowest BCUT2D eigenvalue weighted by atomic mass is 10.0. The average Bonchev–Trinajstić information content (AvgIpc) is 2.62. The van der Waals surface area contributed by atoms with Crippen molar-refractivity contribution in [1.82, 2.24) is 5.32 Å². The Bertz CT molecular complexity index is 505. The standard InChI is InChI=1S/C20H31N3O2/c24-20(25-19-14-8-6-9-15-19)23-18-12-7-4-2-1-3-5-10-16-21-22-17-11-13-18/h6,8-9,14-15,18H,1-5,7,10-13,16-17H2,(H,23,24). The third kappa shape index (κ3) is 9.22. The van der Waals surface area contributed by atoms with Crippen LogP contribution in [0.4, 0.5) is 4.79 Å². The first-order valence-electron chi connectivity index (χ1n) is 9.71. The molecule has 0 saturated carbocycles. The third-order valence-electron chi connectivity index (χ3n) is 4.50. The zero-order chi connectivity index (χ0) is 17.6. The van der Waals surface area contributed by atoms with Crippen LogP contribution in [0.3, 0.4) is 0 Å². The number of benzene rings is 1. The first-order valence-corrected chi connectivity index (χ1v) is 9.71. The van der Waals surface area contributed by atoms with Gasteiger partial charge in [-0.05, 0) is 37.8 Å². The van der Waals surface area contributed by atoms with Gasteiger partial charge in [0.15, 0.2) is 0 Å². The largest absolute Gasteiger partial charge is 0.412 e. The van der Waals surface area contributed by atoms with Crippen LogP contribution in [0.2, 0.25) is 0 Å². The molecule has 1 heterocycles. The van der Waals surface area contributed by atoms with Crippen LogP contribution in [0, 0.1) is 0 Å². The highest BCUT2D eigenvalue weighted by Crippen LogP contribution is 2.14. The Hall–Kier alpha value is -1.91. The van der Waals surface area contributed by atoms with Gasteiger partial charge in [-0.15, -0.1) is 0 Å². The van der Waals surface area contributed by atoms with Gasteiger partial charge < -0.3 is 10.1 Å². The van der Waals surface area contributed by atoms with Crippen LogP contribution in [0.1, 0.15) is 64.2 Å². The first-order chi connectivity index (χ1) is 12.3. The molecular weight excluding hydrogens is 314 g/mol. The highest BCUT2D eigenvalue weighted by atomic mass is 16.6. The Balaban J connectivity index is 1.79. The number of amides is 1. The molecule has 0 aliphatic carbocycles. The van der Waals surface area contributed by atoms with E-state index in [-0.39, 0.29) is 12.1 Å². The summed E-state index contributed by atoms with van der Waals surface area (Å²) in [6, 6.07) is 9.35. The quantitative estimate of drug-likeness (QED) is 0.768. The molecule has 0 spiro atoms. The molecule has 0 radical (unpaired) electrons. The number of hydrogen-bond acceptors (Lipinski definition) is 4. The molecule has 1 amide bonds. The van der Waals surface area contributed by atoms with Crippen molar-refractivity contribution >= 4 is 6.09 Å². The summed E-state index contributed by atoms with van der Waals surface area (Å²) in [5.41, 5.74) is 0. The van der Waals surface area contributed by atoms with Gasteiger partial charge in [0.1, 0.15) is 5.75 Å². The van der Waals surface area contributed by atoms with Crippen molar-refractivity contribution in [2.75, 3.05) is 13.1 Å². The molecule has 1 aliphatic rings. The Morgan fingerprint density at radius 1 is 0.840 bits per heavy atom. The topological polar surface area (TPSA) is 63.0 Å². The lowest BCUT2D eigenvalue weighted by Gasteiger charge is -2.18. The summed E-state index contributed by atoms with van der Waals surface area (Å²) in [5.74, 6) is 0.575. The van der Waals surface area contributed by atoms with Gasteiger partial charge in [0.25, 0.3) is 0 Å². The molecule has 5 heteroatoms. The highest BCUT2D eigenvalue weighted by Gasteiger charge is 2.13. The maximum absolute atomic E-state index is 12.1. The van der Waals surface area contributed by atoms with E-state index in [9.17, 15) is 4.79 Å². The van der Waals surface area contributed by atoms with E-state index in [4.69, 9.17) is 4.74 Å². The van der Waals surface area contributed by atoms with Crippen LogP contribution in [-0.2, 0) is 0 Å². The fraction of sp³-hybridized carbons (Fsp3) is 0.650.